The second-order valence-electron chi connectivity index (χ2n) is 10.3. The van der Waals surface area contributed by atoms with Crippen LogP contribution in [0, 0.1) is 5.92 Å². The third kappa shape index (κ3) is 5.34. The summed E-state index contributed by atoms with van der Waals surface area (Å²) in [6.07, 6.45) is 6.72. The zero-order valence-corrected chi connectivity index (χ0v) is 19.0. The van der Waals surface area contributed by atoms with Gasteiger partial charge >= 0.3 is 13.2 Å². The number of piperidine rings is 1. The fourth-order valence-corrected chi connectivity index (χ4v) is 3.65. The molecule has 2 saturated heterocycles. The molecule has 1 aromatic heterocycles. The van der Waals surface area contributed by atoms with Gasteiger partial charge in [0.25, 0.3) is 0 Å². The van der Waals surface area contributed by atoms with Crippen molar-refractivity contribution in [1.29, 1.82) is 0 Å². The number of aryl methyl sites for hydroxylation is 1. The number of ether oxygens (including phenoxy) is 1. The van der Waals surface area contributed by atoms with E-state index in [9.17, 15) is 4.79 Å². The van der Waals surface area contributed by atoms with Gasteiger partial charge in [0.15, 0.2) is 0 Å². The molecule has 0 aromatic carbocycles. The highest BCUT2D eigenvalue weighted by Gasteiger charge is 2.52. The van der Waals surface area contributed by atoms with Gasteiger partial charge in [-0.1, -0.05) is 0 Å². The maximum atomic E-state index is 12.2. The summed E-state index contributed by atoms with van der Waals surface area (Å²) < 4.78 is 19.6. The first-order valence-electron chi connectivity index (χ1n) is 10.7. The molecule has 0 aliphatic carbocycles. The van der Waals surface area contributed by atoms with E-state index in [1.165, 1.54) is 0 Å². The number of hydrogen-bond acceptors (Lipinski definition) is 5. The maximum Gasteiger partial charge on any atom is 0.498 e. The number of aromatic nitrogens is 2. The van der Waals surface area contributed by atoms with Crippen molar-refractivity contribution in [3.8, 4) is 0 Å². The Labute approximate surface area is 175 Å². The molecule has 0 saturated carbocycles. The molecular weight excluding hydrogens is 369 g/mol. The molecule has 29 heavy (non-hydrogen) atoms. The van der Waals surface area contributed by atoms with Gasteiger partial charge in [-0.25, -0.2) is 4.79 Å². The van der Waals surface area contributed by atoms with Gasteiger partial charge in [0.1, 0.15) is 5.60 Å². The average molecular weight is 405 g/mol. The van der Waals surface area contributed by atoms with Gasteiger partial charge < -0.3 is 18.9 Å². The van der Waals surface area contributed by atoms with Crippen LogP contribution in [0.25, 0.3) is 0 Å². The lowest BCUT2D eigenvalue weighted by molar-refractivity contribution is 0.00578. The van der Waals surface area contributed by atoms with Crippen molar-refractivity contribution in [2.24, 2.45) is 5.92 Å². The molecule has 0 atom stereocenters. The number of nitrogens with zero attached hydrogens (tertiary/aromatic N) is 3. The summed E-state index contributed by atoms with van der Waals surface area (Å²) in [5.41, 5.74) is -0.171. The molecule has 0 N–H and O–H groups in total. The summed E-state index contributed by atoms with van der Waals surface area (Å²) in [6, 6.07) is 0. The number of likely N-dealkylation sites (tertiary alicyclic amines) is 1. The molecule has 7 nitrogen and oxygen atoms in total. The van der Waals surface area contributed by atoms with Gasteiger partial charge in [-0.3, -0.25) is 4.68 Å². The number of rotatable bonds is 4. The summed E-state index contributed by atoms with van der Waals surface area (Å²) in [5.74, 6) is 0.596. The van der Waals surface area contributed by atoms with Crippen LogP contribution in [-0.2, 0) is 20.6 Å². The van der Waals surface area contributed by atoms with E-state index < -0.39 is 5.60 Å². The highest BCUT2D eigenvalue weighted by molar-refractivity contribution is 6.61. The first kappa shape index (κ1) is 22.2. The molecule has 162 valence electrons. The molecule has 0 spiro atoms. The predicted octanol–water partition coefficient (Wildman–Crippen LogP) is 3.22. The molecule has 0 unspecified atom stereocenters. The summed E-state index contributed by atoms with van der Waals surface area (Å²) >= 11 is 0. The highest BCUT2D eigenvalue weighted by Crippen LogP contribution is 2.36. The van der Waals surface area contributed by atoms with Crippen LogP contribution in [0.4, 0.5) is 4.79 Å². The van der Waals surface area contributed by atoms with Crippen molar-refractivity contribution in [1.82, 2.24) is 14.7 Å². The second-order valence-corrected chi connectivity index (χ2v) is 10.3. The van der Waals surface area contributed by atoms with Crippen molar-refractivity contribution in [3.05, 3.63) is 12.4 Å². The molecule has 0 bridgehead atoms. The van der Waals surface area contributed by atoms with Crippen molar-refractivity contribution in [3.63, 3.8) is 0 Å². The summed E-state index contributed by atoms with van der Waals surface area (Å²) in [4.78, 5) is 14.0. The van der Waals surface area contributed by atoms with Crippen molar-refractivity contribution in [2.75, 3.05) is 13.1 Å². The van der Waals surface area contributed by atoms with Crippen molar-refractivity contribution in [2.45, 2.75) is 91.1 Å². The van der Waals surface area contributed by atoms with Crippen LogP contribution < -0.4 is 5.46 Å². The van der Waals surface area contributed by atoms with Crippen molar-refractivity contribution >= 4 is 18.7 Å². The largest absolute Gasteiger partial charge is 0.498 e. The van der Waals surface area contributed by atoms with Gasteiger partial charge in [0.05, 0.1) is 11.2 Å². The summed E-state index contributed by atoms with van der Waals surface area (Å²) in [5, 5.41) is 4.50. The van der Waals surface area contributed by atoms with E-state index in [1.807, 2.05) is 42.7 Å². The SMILES string of the molecule is CC(C)(C)OC(=O)N1CCC(CCn2cc(B3OC(C)(C)C(C)(C)O3)cn2)CC1. The van der Waals surface area contributed by atoms with E-state index in [-0.39, 0.29) is 24.4 Å². The van der Waals surface area contributed by atoms with Crippen LogP contribution in [0.5, 0.6) is 0 Å². The van der Waals surface area contributed by atoms with Gasteiger partial charge in [-0.15, -0.1) is 0 Å². The van der Waals surface area contributed by atoms with E-state index in [2.05, 4.69) is 32.8 Å². The Balaban J connectivity index is 1.45. The van der Waals surface area contributed by atoms with Crippen LogP contribution in [0.1, 0.15) is 67.7 Å². The Morgan fingerprint density at radius 1 is 1.21 bits per heavy atom. The Hall–Kier alpha value is -1.54. The van der Waals surface area contributed by atoms with Crippen LogP contribution in [-0.4, -0.2) is 57.8 Å². The van der Waals surface area contributed by atoms with Crippen LogP contribution in [0.15, 0.2) is 12.4 Å². The quantitative estimate of drug-likeness (QED) is 0.720. The lowest BCUT2D eigenvalue weighted by Crippen LogP contribution is -2.41. The third-order valence-electron chi connectivity index (χ3n) is 6.21. The van der Waals surface area contributed by atoms with E-state index >= 15 is 0 Å². The third-order valence-corrected chi connectivity index (χ3v) is 6.21. The Morgan fingerprint density at radius 3 is 2.34 bits per heavy atom. The standard InChI is InChI=1S/C21H36BN3O4/c1-19(2,3)27-18(26)24-11-8-16(9-12-24)10-13-25-15-17(14-23-25)22-28-20(4,5)21(6,7)29-22/h14-16H,8-13H2,1-7H3. The topological polar surface area (TPSA) is 65.8 Å². The number of carbonyl (C=O) groups excluding carboxylic acids is 1. The van der Waals surface area contributed by atoms with Gasteiger partial charge in [0.2, 0.25) is 0 Å². The van der Waals surface area contributed by atoms with Gasteiger partial charge in [-0.05, 0) is 73.6 Å². The molecular formula is C21H36BN3O4. The van der Waals surface area contributed by atoms with Crippen molar-refractivity contribution < 1.29 is 18.8 Å². The minimum absolute atomic E-state index is 0.199. The Bertz CT molecular complexity index is 702. The molecule has 2 fully saturated rings. The van der Waals surface area contributed by atoms with E-state index in [0.29, 0.717) is 5.92 Å². The fourth-order valence-electron chi connectivity index (χ4n) is 3.65. The average Bonchev–Trinajstić information content (AvgIpc) is 3.14. The lowest BCUT2D eigenvalue weighted by atomic mass is 9.82. The smallest absolute Gasteiger partial charge is 0.444 e. The van der Waals surface area contributed by atoms with Crippen LogP contribution >= 0.6 is 0 Å². The first-order chi connectivity index (χ1) is 13.4. The zero-order chi connectivity index (χ0) is 21.4. The molecule has 1 amide bonds. The molecule has 0 radical (unpaired) electrons. The normalized spacial score (nSPS) is 22.2. The number of amides is 1. The van der Waals surface area contributed by atoms with E-state index in [4.69, 9.17) is 14.0 Å². The summed E-state index contributed by atoms with van der Waals surface area (Å²) in [6.45, 7) is 16.3. The predicted molar refractivity (Wildman–Crippen MR) is 113 cm³/mol. The molecule has 3 rings (SSSR count). The maximum absolute atomic E-state index is 12.2. The number of carbonyl (C=O) groups is 1. The molecule has 2 aliphatic rings. The van der Waals surface area contributed by atoms with Gasteiger partial charge in [-0.2, -0.15) is 5.10 Å². The molecule has 3 heterocycles. The minimum atomic E-state index is -0.442. The number of hydrogen-bond donors (Lipinski definition) is 0. The minimum Gasteiger partial charge on any atom is -0.444 e. The highest BCUT2D eigenvalue weighted by atomic mass is 16.7. The lowest BCUT2D eigenvalue weighted by Gasteiger charge is -2.33. The fraction of sp³-hybridized carbons (Fsp3) is 0.810. The van der Waals surface area contributed by atoms with E-state index in [0.717, 1.165) is 44.4 Å². The summed E-state index contributed by atoms with van der Waals surface area (Å²) in [7, 11) is -0.370. The molecule has 1 aromatic rings. The Morgan fingerprint density at radius 2 is 1.79 bits per heavy atom. The van der Waals surface area contributed by atoms with Gasteiger partial charge in [0, 0.05) is 37.5 Å². The van der Waals surface area contributed by atoms with Crippen LogP contribution in [0.2, 0.25) is 0 Å². The second kappa shape index (κ2) is 7.95. The monoisotopic (exact) mass is 405 g/mol. The molecule has 8 heteroatoms. The molecule has 2 aliphatic heterocycles. The Kier molecular flexibility index (Phi) is 6.07. The van der Waals surface area contributed by atoms with E-state index in [1.54, 1.807) is 0 Å². The zero-order valence-electron chi connectivity index (χ0n) is 19.0. The first-order valence-corrected chi connectivity index (χ1v) is 10.7. The van der Waals surface area contributed by atoms with Crippen LogP contribution in [0.3, 0.4) is 0 Å².